The van der Waals surface area contributed by atoms with Crippen LogP contribution in [0.3, 0.4) is 0 Å². The molecule has 0 radical (unpaired) electrons. The van der Waals surface area contributed by atoms with Crippen LogP contribution in [0.5, 0.6) is 23.0 Å². The van der Waals surface area contributed by atoms with Gasteiger partial charge in [-0.05, 0) is 6.07 Å². The Hall–Kier alpha value is -3.96. The molecule has 0 saturated carbocycles. The zero-order valence-electron chi connectivity index (χ0n) is 14.8. The van der Waals surface area contributed by atoms with Gasteiger partial charge in [-0.2, -0.15) is 0 Å². The number of rotatable bonds is 7. The van der Waals surface area contributed by atoms with Crippen molar-refractivity contribution in [2.24, 2.45) is 0 Å². The van der Waals surface area contributed by atoms with E-state index in [2.05, 4.69) is 0 Å². The van der Waals surface area contributed by atoms with E-state index in [1.807, 2.05) is 0 Å². The largest absolute Gasteiger partial charge is 0.493 e. The van der Waals surface area contributed by atoms with Crippen LogP contribution in [0, 0.1) is 26.0 Å². The van der Waals surface area contributed by atoms with Crippen LogP contribution >= 0.6 is 0 Å². The number of benzene rings is 2. The molecule has 12 heteroatoms. The number of nitrogens with zero attached hydrogens (tertiary/aromatic N) is 2. The molecule has 0 bridgehead atoms. The summed E-state index contributed by atoms with van der Waals surface area (Å²) in [7, 11) is 3.53. The molecule has 0 amide bonds. The second kappa shape index (κ2) is 8.16. The lowest BCUT2D eigenvalue weighted by molar-refractivity contribution is -0.386. The number of esters is 1. The number of carbonyl (C=O) groups excluding carboxylic acids is 1. The van der Waals surface area contributed by atoms with Gasteiger partial charge in [0, 0.05) is 18.2 Å². The van der Waals surface area contributed by atoms with E-state index in [0.29, 0.717) is 6.07 Å². The van der Waals surface area contributed by atoms with Gasteiger partial charge in [0.05, 0.1) is 31.2 Å². The van der Waals surface area contributed by atoms with Gasteiger partial charge < -0.3 is 18.9 Å². The van der Waals surface area contributed by atoms with Gasteiger partial charge in [-0.1, -0.05) is 0 Å². The lowest BCUT2D eigenvalue weighted by atomic mass is 10.1. The topological polar surface area (TPSA) is 140 Å². The molecule has 0 aromatic heterocycles. The molecule has 2 rings (SSSR count). The second-order valence-corrected chi connectivity index (χ2v) is 5.06. The molecule has 0 saturated heterocycles. The number of carbonyl (C=O) groups is 1. The number of halogens is 1. The third-order valence-electron chi connectivity index (χ3n) is 3.53. The Morgan fingerprint density at radius 1 is 0.929 bits per heavy atom. The smallest absolute Gasteiger partial charge is 0.351 e. The minimum Gasteiger partial charge on any atom is -0.493 e. The molecule has 11 nitrogen and oxygen atoms in total. The van der Waals surface area contributed by atoms with E-state index in [1.54, 1.807) is 0 Å². The highest BCUT2D eigenvalue weighted by Gasteiger charge is 2.34. The number of hydrogen-bond donors (Lipinski definition) is 0. The van der Waals surface area contributed by atoms with Gasteiger partial charge in [-0.3, -0.25) is 20.2 Å². The highest BCUT2D eigenvalue weighted by Crippen LogP contribution is 2.46. The molecule has 0 N–H and O–H groups in total. The molecule has 0 atom stereocenters. The summed E-state index contributed by atoms with van der Waals surface area (Å²) in [6.45, 7) is 0. The van der Waals surface area contributed by atoms with E-state index < -0.39 is 50.1 Å². The van der Waals surface area contributed by atoms with Gasteiger partial charge in [-0.15, -0.1) is 0 Å². The molecule has 0 aliphatic heterocycles. The molecule has 148 valence electrons. The third kappa shape index (κ3) is 3.75. The zero-order chi connectivity index (χ0) is 21.0. The van der Waals surface area contributed by atoms with Gasteiger partial charge >= 0.3 is 17.3 Å². The summed E-state index contributed by atoms with van der Waals surface area (Å²) in [5.74, 6) is -3.66. The molecule has 0 spiro atoms. The van der Waals surface area contributed by atoms with Gasteiger partial charge in [0.2, 0.25) is 17.2 Å². The fraction of sp³-hybridized carbons (Fsp3) is 0.188. The van der Waals surface area contributed by atoms with E-state index >= 15 is 0 Å². The van der Waals surface area contributed by atoms with E-state index in [-0.39, 0.29) is 11.5 Å². The quantitative estimate of drug-likeness (QED) is 0.299. The fourth-order valence-corrected chi connectivity index (χ4v) is 2.35. The molecule has 28 heavy (non-hydrogen) atoms. The maximum atomic E-state index is 13.4. The van der Waals surface area contributed by atoms with Crippen LogP contribution < -0.4 is 18.9 Å². The summed E-state index contributed by atoms with van der Waals surface area (Å²) in [5, 5.41) is 22.5. The minimum absolute atomic E-state index is 0.0920. The van der Waals surface area contributed by atoms with Gasteiger partial charge in [0.25, 0.3) is 0 Å². The lowest BCUT2D eigenvalue weighted by Crippen LogP contribution is -2.14. The summed E-state index contributed by atoms with van der Waals surface area (Å²) in [4.78, 5) is 33.3. The first-order valence-corrected chi connectivity index (χ1v) is 7.38. The van der Waals surface area contributed by atoms with Crippen molar-refractivity contribution < 1.29 is 38.0 Å². The average molecular weight is 396 g/mol. The molecule has 0 aliphatic rings. The Morgan fingerprint density at radius 2 is 1.57 bits per heavy atom. The predicted molar refractivity (Wildman–Crippen MR) is 90.8 cm³/mol. The number of ether oxygens (including phenoxy) is 4. The van der Waals surface area contributed by atoms with Crippen LogP contribution in [0.4, 0.5) is 15.8 Å². The van der Waals surface area contributed by atoms with E-state index in [9.17, 15) is 29.4 Å². The monoisotopic (exact) mass is 396 g/mol. The Labute approximate surface area is 156 Å². The van der Waals surface area contributed by atoms with Crippen molar-refractivity contribution >= 4 is 17.3 Å². The van der Waals surface area contributed by atoms with Crippen molar-refractivity contribution in [3.05, 3.63) is 55.9 Å². The number of nitro benzene ring substituents is 2. The number of nitro groups is 2. The Morgan fingerprint density at radius 3 is 2.07 bits per heavy atom. The van der Waals surface area contributed by atoms with Crippen LogP contribution in [-0.2, 0) is 0 Å². The van der Waals surface area contributed by atoms with Crippen molar-refractivity contribution in [2.45, 2.75) is 0 Å². The van der Waals surface area contributed by atoms with Crippen molar-refractivity contribution in [1.82, 2.24) is 0 Å². The number of hydrogen-bond acceptors (Lipinski definition) is 9. The first-order valence-electron chi connectivity index (χ1n) is 7.38. The molecule has 0 heterocycles. The minimum atomic E-state index is -1.36. The summed E-state index contributed by atoms with van der Waals surface area (Å²) in [6.07, 6.45) is 0. The molecule has 0 unspecified atom stereocenters. The molecule has 2 aromatic carbocycles. The van der Waals surface area contributed by atoms with Crippen LogP contribution in [0.25, 0.3) is 0 Å². The fourth-order valence-electron chi connectivity index (χ4n) is 2.35. The van der Waals surface area contributed by atoms with Crippen molar-refractivity contribution in [3.8, 4) is 23.0 Å². The third-order valence-corrected chi connectivity index (χ3v) is 3.53. The maximum Gasteiger partial charge on any atom is 0.351 e. The standard InChI is InChI=1S/C16H13FN2O9/c1-25-12-7-9(13(19(23)24)15(27-3)14(12)26-2)16(20)28-11-6-8(17)4-5-10(11)18(21)22/h4-7H,1-3H3. The Balaban J connectivity index is 2.65. The van der Waals surface area contributed by atoms with Crippen LogP contribution in [0.1, 0.15) is 10.4 Å². The van der Waals surface area contributed by atoms with E-state index in [4.69, 9.17) is 18.9 Å². The zero-order valence-corrected chi connectivity index (χ0v) is 14.8. The highest BCUT2D eigenvalue weighted by atomic mass is 19.1. The van der Waals surface area contributed by atoms with Crippen LogP contribution in [0.15, 0.2) is 24.3 Å². The predicted octanol–water partition coefficient (Wildman–Crippen LogP) is 2.89. The van der Waals surface area contributed by atoms with E-state index in [0.717, 1.165) is 25.3 Å². The molecular weight excluding hydrogens is 383 g/mol. The molecule has 2 aromatic rings. The summed E-state index contributed by atoms with van der Waals surface area (Å²) in [6, 6.07) is 3.16. The van der Waals surface area contributed by atoms with Crippen molar-refractivity contribution in [2.75, 3.05) is 21.3 Å². The average Bonchev–Trinajstić information content (AvgIpc) is 2.65. The first-order chi connectivity index (χ1) is 13.2. The number of methoxy groups -OCH3 is 3. The van der Waals surface area contributed by atoms with Gasteiger partial charge in [0.1, 0.15) is 11.4 Å². The first kappa shape index (κ1) is 20.4. The lowest BCUT2D eigenvalue weighted by Gasteiger charge is -2.14. The maximum absolute atomic E-state index is 13.4. The Bertz CT molecular complexity index is 962. The van der Waals surface area contributed by atoms with Gasteiger partial charge in [0.15, 0.2) is 5.75 Å². The Kier molecular flexibility index (Phi) is 5.93. The van der Waals surface area contributed by atoms with Crippen molar-refractivity contribution in [1.29, 1.82) is 0 Å². The molecular formula is C16H13FN2O9. The summed E-state index contributed by atoms with van der Waals surface area (Å²) in [5.41, 5.74) is -2.16. The van der Waals surface area contributed by atoms with Crippen LogP contribution in [-0.4, -0.2) is 37.1 Å². The van der Waals surface area contributed by atoms with E-state index in [1.165, 1.54) is 14.2 Å². The summed E-state index contributed by atoms with van der Waals surface area (Å²) >= 11 is 0. The van der Waals surface area contributed by atoms with Crippen LogP contribution in [0.2, 0.25) is 0 Å². The SMILES string of the molecule is COc1cc(C(=O)Oc2cc(F)ccc2[N+](=O)[O-])c([N+](=O)[O-])c(OC)c1OC. The van der Waals surface area contributed by atoms with Gasteiger partial charge in [-0.25, -0.2) is 9.18 Å². The highest BCUT2D eigenvalue weighted by molar-refractivity contribution is 5.98. The molecule has 0 aliphatic carbocycles. The second-order valence-electron chi connectivity index (χ2n) is 5.06. The van der Waals surface area contributed by atoms with Crippen molar-refractivity contribution in [3.63, 3.8) is 0 Å². The summed E-state index contributed by atoms with van der Waals surface area (Å²) < 4.78 is 33.3. The molecule has 0 fully saturated rings. The normalized spacial score (nSPS) is 10.1.